The van der Waals surface area contributed by atoms with Gasteiger partial charge < -0.3 is 5.11 Å². The van der Waals surface area contributed by atoms with Crippen molar-refractivity contribution in [2.24, 2.45) is 7.05 Å². The van der Waals surface area contributed by atoms with Crippen molar-refractivity contribution < 1.29 is 9.90 Å². The molecule has 4 heteroatoms. The third-order valence-electron chi connectivity index (χ3n) is 2.93. The maximum absolute atomic E-state index is 11.3. The summed E-state index contributed by atoms with van der Waals surface area (Å²) in [5.74, 6) is -0.935. The second kappa shape index (κ2) is 4.29. The Labute approximate surface area is 106 Å². The number of aryl methyl sites for hydroxylation is 4. The highest BCUT2D eigenvalue weighted by molar-refractivity contribution is 5.96. The van der Waals surface area contributed by atoms with E-state index in [1.807, 2.05) is 26.0 Å². The quantitative estimate of drug-likeness (QED) is 0.883. The minimum absolute atomic E-state index is 0.280. The fourth-order valence-corrected chi connectivity index (χ4v) is 2.36. The predicted octanol–water partition coefficient (Wildman–Crippen LogP) is 2.71. The average Bonchev–Trinajstić information content (AvgIpc) is 2.51. The summed E-state index contributed by atoms with van der Waals surface area (Å²) in [4.78, 5) is 11.3. The number of carbonyl (C=O) groups is 1. The van der Waals surface area contributed by atoms with E-state index in [0.717, 1.165) is 16.7 Å². The van der Waals surface area contributed by atoms with E-state index in [1.165, 1.54) is 0 Å². The van der Waals surface area contributed by atoms with Crippen molar-refractivity contribution >= 4 is 5.97 Å². The van der Waals surface area contributed by atoms with Gasteiger partial charge in [0, 0.05) is 12.6 Å². The van der Waals surface area contributed by atoms with Gasteiger partial charge >= 0.3 is 5.97 Å². The molecule has 1 aromatic carbocycles. The molecule has 0 spiro atoms. The first-order chi connectivity index (χ1) is 8.40. The van der Waals surface area contributed by atoms with E-state index < -0.39 is 5.97 Å². The second-order valence-corrected chi connectivity index (χ2v) is 4.61. The number of carboxylic acid groups (broad SMARTS) is 1. The van der Waals surface area contributed by atoms with Crippen LogP contribution in [0.1, 0.15) is 27.2 Å². The molecule has 0 aliphatic heterocycles. The summed E-state index contributed by atoms with van der Waals surface area (Å²) in [5.41, 5.74) is 4.60. The largest absolute Gasteiger partial charge is 0.478 e. The Hall–Kier alpha value is -2.10. The molecule has 1 heterocycles. The molecule has 4 nitrogen and oxygen atoms in total. The van der Waals surface area contributed by atoms with Gasteiger partial charge in [-0.05, 0) is 32.9 Å². The fraction of sp³-hybridized carbons (Fsp3) is 0.286. The highest BCUT2D eigenvalue weighted by atomic mass is 16.4. The molecule has 0 saturated heterocycles. The maximum Gasteiger partial charge on any atom is 0.339 e. The van der Waals surface area contributed by atoms with Crippen LogP contribution in [0.15, 0.2) is 18.2 Å². The number of rotatable bonds is 2. The number of hydrogen-bond donors (Lipinski definition) is 1. The summed E-state index contributed by atoms with van der Waals surface area (Å²) in [6, 6.07) is 6.03. The van der Waals surface area contributed by atoms with Gasteiger partial charge in [-0.1, -0.05) is 17.2 Å². The van der Waals surface area contributed by atoms with Crippen LogP contribution in [0, 0.1) is 20.8 Å². The summed E-state index contributed by atoms with van der Waals surface area (Å²) in [5, 5.41) is 13.5. The summed E-state index contributed by atoms with van der Waals surface area (Å²) in [6.45, 7) is 5.72. The zero-order valence-electron chi connectivity index (χ0n) is 11.0. The molecule has 1 N–H and O–H groups in total. The molecular formula is C14H16N2O2. The molecule has 2 aromatic rings. The summed E-state index contributed by atoms with van der Waals surface area (Å²) < 4.78 is 1.63. The van der Waals surface area contributed by atoms with Gasteiger partial charge in [0.2, 0.25) is 0 Å². The van der Waals surface area contributed by atoms with E-state index in [9.17, 15) is 9.90 Å². The molecule has 0 unspecified atom stereocenters. The zero-order chi connectivity index (χ0) is 13.4. The monoisotopic (exact) mass is 244 g/mol. The Morgan fingerprint density at radius 3 is 2.22 bits per heavy atom. The average molecular weight is 244 g/mol. The highest BCUT2D eigenvalue weighted by Gasteiger charge is 2.20. The lowest BCUT2D eigenvalue weighted by atomic mass is 10.0. The number of carboxylic acids is 1. The SMILES string of the molecule is Cc1cc(C)cc(-c2c(C(=O)O)c(C)nn2C)c1. The third-order valence-corrected chi connectivity index (χ3v) is 2.93. The van der Waals surface area contributed by atoms with Crippen molar-refractivity contribution in [3.8, 4) is 11.3 Å². The van der Waals surface area contributed by atoms with E-state index in [1.54, 1.807) is 18.7 Å². The molecule has 94 valence electrons. The lowest BCUT2D eigenvalue weighted by Gasteiger charge is -2.07. The van der Waals surface area contributed by atoms with Gasteiger partial charge in [0.1, 0.15) is 5.56 Å². The topological polar surface area (TPSA) is 55.1 Å². The van der Waals surface area contributed by atoms with Crippen molar-refractivity contribution in [2.45, 2.75) is 20.8 Å². The van der Waals surface area contributed by atoms with Crippen LogP contribution in [0.5, 0.6) is 0 Å². The normalized spacial score (nSPS) is 10.7. The molecule has 0 amide bonds. The van der Waals surface area contributed by atoms with Crippen LogP contribution >= 0.6 is 0 Å². The molecule has 2 rings (SSSR count). The predicted molar refractivity (Wildman–Crippen MR) is 69.8 cm³/mol. The van der Waals surface area contributed by atoms with Crippen LogP contribution < -0.4 is 0 Å². The Kier molecular flexibility index (Phi) is 2.95. The first-order valence-corrected chi connectivity index (χ1v) is 5.75. The van der Waals surface area contributed by atoms with Crippen molar-refractivity contribution in [1.29, 1.82) is 0 Å². The van der Waals surface area contributed by atoms with E-state index in [4.69, 9.17) is 0 Å². The first-order valence-electron chi connectivity index (χ1n) is 5.75. The van der Waals surface area contributed by atoms with E-state index >= 15 is 0 Å². The molecule has 0 aliphatic carbocycles. The standard InChI is InChI=1S/C14H16N2O2/c1-8-5-9(2)7-11(6-8)13-12(14(17)18)10(3)15-16(13)4/h5-7H,1-4H3,(H,17,18). The highest BCUT2D eigenvalue weighted by Crippen LogP contribution is 2.27. The second-order valence-electron chi connectivity index (χ2n) is 4.61. The van der Waals surface area contributed by atoms with Gasteiger partial charge in [0.05, 0.1) is 11.4 Å². The number of nitrogens with zero attached hydrogens (tertiary/aromatic N) is 2. The minimum Gasteiger partial charge on any atom is -0.478 e. The van der Waals surface area contributed by atoms with Gasteiger partial charge in [-0.25, -0.2) is 4.79 Å². The molecule has 0 bridgehead atoms. The third kappa shape index (κ3) is 2.01. The van der Waals surface area contributed by atoms with E-state index in [2.05, 4.69) is 11.2 Å². The van der Waals surface area contributed by atoms with Crippen molar-refractivity contribution in [3.05, 3.63) is 40.6 Å². The van der Waals surface area contributed by atoms with Crippen molar-refractivity contribution in [3.63, 3.8) is 0 Å². The molecule has 0 saturated carbocycles. The summed E-state index contributed by atoms with van der Waals surface area (Å²) in [7, 11) is 1.77. The Morgan fingerprint density at radius 2 is 1.72 bits per heavy atom. The zero-order valence-corrected chi connectivity index (χ0v) is 11.0. The fourth-order valence-electron chi connectivity index (χ4n) is 2.36. The van der Waals surface area contributed by atoms with Gasteiger partial charge in [-0.15, -0.1) is 0 Å². The van der Waals surface area contributed by atoms with Crippen LogP contribution in [0.2, 0.25) is 0 Å². The summed E-state index contributed by atoms with van der Waals surface area (Å²) in [6.07, 6.45) is 0. The lowest BCUT2D eigenvalue weighted by molar-refractivity contribution is 0.0697. The van der Waals surface area contributed by atoms with Gasteiger partial charge in [-0.3, -0.25) is 4.68 Å². The van der Waals surface area contributed by atoms with Crippen LogP contribution in [0.4, 0.5) is 0 Å². The van der Waals surface area contributed by atoms with Crippen LogP contribution in [0.3, 0.4) is 0 Å². The lowest BCUT2D eigenvalue weighted by Crippen LogP contribution is -2.01. The van der Waals surface area contributed by atoms with Crippen LogP contribution in [-0.2, 0) is 7.05 Å². The Bertz CT molecular complexity index is 607. The number of hydrogen-bond acceptors (Lipinski definition) is 2. The molecule has 0 aliphatic rings. The summed E-state index contributed by atoms with van der Waals surface area (Å²) >= 11 is 0. The minimum atomic E-state index is -0.935. The maximum atomic E-state index is 11.3. The van der Waals surface area contributed by atoms with E-state index in [0.29, 0.717) is 11.4 Å². The van der Waals surface area contributed by atoms with Crippen LogP contribution in [-0.4, -0.2) is 20.9 Å². The number of aromatic nitrogens is 2. The molecule has 18 heavy (non-hydrogen) atoms. The molecule has 0 fully saturated rings. The van der Waals surface area contributed by atoms with Crippen LogP contribution in [0.25, 0.3) is 11.3 Å². The molecular weight excluding hydrogens is 228 g/mol. The molecule has 1 aromatic heterocycles. The molecule has 0 radical (unpaired) electrons. The number of benzene rings is 1. The van der Waals surface area contributed by atoms with Gasteiger partial charge in [0.15, 0.2) is 0 Å². The first kappa shape index (κ1) is 12.4. The molecule has 0 atom stereocenters. The number of aromatic carboxylic acids is 1. The smallest absolute Gasteiger partial charge is 0.339 e. The van der Waals surface area contributed by atoms with Gasteiger partial charge in [-0.2, -0.15) is 5.10 Å². The van der Waals surface area contributed by atoms with Crippen molar-refractivity contribution in [1.82, 2.24) is 9.78 Å². The van der Waals surface area contributed by atoms with Crippen molar-refractivity contribution in [2.75, 3.05) is 0 Å². The Morgan fingerprint density at radius 1 is 1.17 bits per heavy atom. The van der Waals surface area contributed by atoms with E-state index in [-0.39, 0.29) is 5.56 Å². The van der Waals surface area contributed by atoms with Gasteiger partial charge in [0.25, 0.3) is 0 Å². The Balaban J connectivity index is 2.74.